The van der Waals surface area contributed by atoms with Gasteiger partial charge in [-0.2, -0.15) is 0 Å². The van der Waals surface area contributed by atoms with E-state index in [0.29, 0.717) is 6.42 Å². The molecular formula is C12H13NOS. The van der Waals surface area contributed by atoms with Gasteiger partial charge in [0.1, 0.15) is 0 Å². The van der Waals surface area contributed by atoms with Gasteiger partial charge >= 0.3 is 0 Å². The molecule has 15 heavy (non-hydrogen) atoms. The lowest BCUT2D eigenvalue weighted by Crippen LogP contribution is -2.35. The molecule has 0 aliphatic carbocycles. The molecule has 0 bridgehead atoms. The zero-order valence-corrected chi connectivity index (χ0v) is 9.67. The number of fused-ring (bicyclic) bond motifs is 1. The molecule has 2 rings (SSSR count). The molecular weight excluding hydrogens is 206 g/mol. The molecule has 0 N–H and O–H groups in total. The zero-order valence-electron chi connectivity index (χ0n) is 8.86. The first-order valence-electron chi connectivity index (χ1n) is 5.06. The van der Waals surface area contributed by atoms with Gasteiger partial charge in [0.15, 0.2) is 0 Å². The second kappa shape index (κ2) is 3.74. The zero-order chi connectivity index (χ0) is 11.0. The van der Waals surface area contributed by atoms with Crippen LogP contribution in [0, 0.1) is 5.92 Å². The first kappa shape index (κ1) is 10.3. The second-order valence-corrected chi connectivity index (χ2v) is 4.50. The summed E-state index contributed by atoms with van der Waals surface area (Å²) in [5, 5.41) is 0. The number of para-hydroxylation sites is 1. The Balaban J connectivity index is 2.42. The van der Waals surface area contributed by atoms with Gasteiger partial charge in [0.05, 0.1) is 10.7 Å². The Morgan fingerprint density at radius 2 is 2.07 bits per heavy atom. The predicted molar refractivity (Wildman–Crippen MR) is 65.1 cm³/mol. The van der Waals surface area contributed by atoms with Crippen molar-refractivity contribution in [2.45, 2.75) is 20.3 Å². The van der Waals surface area contributed by atoms with E-state index in [-0.39, 0.29) is 11.8 Å². The topological polar surface area (TPSA) is 20.3 Å². The molecule has 0 saturated carbocycles. The van der Waals surface area contributed by atoms with E-state index in [1.54, 1.807) is 4.90 Å². The number of thiocarbonyl (C=S) groups is 1. The van der Waals surface area contributed by atoms with E-state index in [1.807, 2.05) is 38.1 Å². The fraction of sp³-hybridized carbons (Fsp3) is 0.333. The maximum absolute atomic E-state index is 12.0. The van der Waals surface area contributed by atoms with Crippen molar-refractivity contribution in [1.82, 2.24) is 0 Å². The molecule has 1 aliphatic heterocycles. The van der Waals surface area contributed by atoms with Crippen molar-refractivity contribution in [2.24, 2.45) is 5.92 Å². The molecule has 1 amide bonds. The fourth-order valence-electron chi connectivity index (χ4n) is 1.75. The van der Waals surface area contributed by atoms with Crippen LogP contribution in [0.3, 0.4) is 0 Å². The highest BCUT2D eigenvalue weighted by molar-refractivity contribution is 7.80. The van der Waals surface area contributed by atoms with E-state index < -0.39 is 0 Å². The minimum atomic E-state index is -0.0193. The van der Waals surface area contributed by atoms with E-state index in [9.17, 15) is 4.79 Å². The van der Waals surface area contributed by atoms with E-state index in [2.05, 4.69) is 0 Å². The van der Waals surface area contributed by atoms with Gasteiger partial charge in [-0.25, -0.2) is 0 Å². The average molecular weight is 219 g/mol. The van der Waals surface area contributed by atoms with Crippen LogP contribution in [0.25, 0.3) is 0 Å². The standard InChI is InChI=1S/C12H13NOS/c1-8(2)12(14)13-10-6-4-3-5-9(10)7-11(13)15/h3-6,8H,7H2,1-2H3. The maximum atomic E-state index is 12.0. The first-order chi connectivity index (χ1) is 7.11. The van der Waals surface area contributed by atoms with Gasteiger partial charge in [0.2, 0.25) is 5.91 Å². The Morgan fingerprint density at radius 3 is 2.73 bits per heavy atom. The normalized spacial score (nSPS) is 14.6. The van der Waals surface area contributed by atoms with E-state index in [1.165, 1.54) is 0 Å². The number of anilines is 1. The molecule has 0 atom stereocenters. The van der Waals surface area contributed by atoms with Crippen LogP contribution in [-0.4, -0.2) is 10.9 Å². The Labute approximate surface area is 94.9 Å². The Hall–Kier alpha value is -1.22. The van der Waals surface area contributed by atoms with E-state index in [0.717, 1.165) is 16.2 Å². The molecule has 2 nitrogen and oxygen atoms in total. The molecule has 0 fully saturated rings. The predicted octanol–water partition coefficient (Wildman–Crippen LogP) is 2.56. The van der Waals surface area contributed by atoms with Crippen molar-refractivity contribution in [3.05, 3.63) is 29.8 Å². The minimum Gasteiger partial charge on any atom is -0.274 e. The van der Waals surface area contributed by atoms with E-state index >= 15 is 0 Å². The summed E-state index contributed by atoms with van der Waals surface area (Å²) >= 11 is 5.25. The van der Waals surface area contributed by atoms with Crippen molar-refractivity contribution in [3.8, 4) is 0 Å². The summed E-state index contributed by atoms with van der Waals surface area (Å²) in [6.07, 6.45) is 0.712. The van der Waals surface area contributed by atoms with Gasteiger partial charge < -0.3 is 0 Å². The maximum Gasteiger partial charge on any atom is 0.234 e. The van der Waals surface area contributed by atoms with E-state index in [4.69, 9.17) is 12.2 Å². The summed E-state index contributed by atoms with van der Waals surface area (Å²) in [6, 6.07) is 7.89. The number of nitrogens with zero attached hydrogens (tertiary/aromatic N) is 1. The van der Waals surface area contributed by atoms with Crippen LogP contribution in [0.1, 0.15) is 19.4 Å². The lowest BCUT2D eigenvalue weighted by atomic mass is 10.1. The Bertz CT molecular complexity index is 425. The summed E-state index contributed by atoms with van der Waals surface area (Å²) in [5.41, 5.74) is 2.11. The van der Waals surface area contributed by atoms with Crippen molar-refractivity contribution in [3.63, 3.8) is 0 Å². The summed E-state index contributed by atoms with van der Waals surface area (Å²) in [4.78, 5) is 14.4. The molecule has 3 heteroatoms. The fourth-order valence-corrected chi connectivity index (χ4v) is 2.10. The van der Waals surface area contributed by atoms with Crippen LogP contribution in [0.15, 0.2) is 24.3 Å². The SMILES string of the molecule is CC(C)C(=O)N1C(=S)Cc2ccccc21. The van der Waals surface area contributed by atoms with Gasteiger partial charge in [-0.15, -0.1) is 0 Å². The number of benzene rings is 1. The summed E-state index contributed by atoms with van der Waals surface area (Å²) in [6.45, 7) is 3.79. The monoisotopic (exact) mass is 219 g/mol. The van der Waals surface area contributed by atoms with Crippen molar-refractivity contribution >= 4 is 28.8 Å². The van der Waals surface area contributed by atoms with Crippen LogP contribution in [0.2, 0.25) is 0 Å². The number of carbonyl (C=O) groups is 1. The van der Waals surface area contributed by atoms with Crippen molar-refractivity contribution in [1.29, 1.82) is 0 Å². The highest BCUT2D eigenvalue weighted by Crippen LogP contribution is 2.30. The third-order valence-corrected chi connectivity index (χ3v) is 2.86. The van der Waals surface area contributed by atoms with Crippen LogP contribution in [-0.2, 0) is 11.2 Å². The smallest absolute Gasteiger partial charge is 0.234 e. The molecule has 1 aliphatic rings. The van der Waals surface area contributed by atoms with Gasteiger partial charge in [0.25, 0.3) is 0 Å². The Morgan fingerprint density at radius 1 is 1.40 bits per heavy atom. The molecule has 0 saturated heterocycles. The lowest BCUT2D eigenvalue weighted by molar-refractivity contribution is -0.120. The van der Waals surface area contributed by atoms with Crippen LogP contribution in [0.5, 0.6) is 0 Å². The summed E-state index contributed by atoms with van der Waals surface area (Å²) in [5.74, 6) is 0.0686. The van der Waals surface area contributed by atoms with Crippen LogP contribution >= 0.6 is 12.2 Å². The number of hydrogen-bond donors (Lipinski definition) is 0. The molecule has 0 spiro atoms. The lowest BCUT2D eigenvalue weighted by Gasteiger charge is -2.19. The number of hydrogen-bond acceptors (Lipinski definition) is 2. The quantitative estimate of drug-likeness (QED) is 0.677. The highest BCUT2D eigenvalue weighted by Gasteiger charge is 2.30. The molecule has 0 radical (unpaired) electrons. The second-order valence-electron chi connectivity index (χ2n) is 4.03. The number of amides is 1. The molecule has 0 aromatic heterocycles. The van der Waals surface area contributed by atoms with Gasteiger partial charge in [-0.3, -0.25) is 9.69 Å². The average Bonchev–Trinajstić information content (AvgIpc) is 2.52. The third kappa shape index (κ3) is 1.67. The summed E-state index contributed by atoms with van der Waals surface area (Å²) in [7, 11) is 0. The highest BCUT2D eigenvalue weighted by atomic mass is 32.1. The first-order valence-corrected chi connectivity index (χ1v) is 5.47. The molecule has 0 unspecified atom stereocenters. The third-order valence-electron chi connectivity index (χ3n) is 2.54. The molecule has 1 aromatic rings. The van der Waals surface area contributed by atoms with Gasteiger partial charge in [-0.1, -0.05) is 44.3 Å². The molecule has 1 heterocycles. The van der Waals surface area contributed by atoms with Gasteiger partial charge in [-0.05, 0) is 11.6 Å². The molecule has 1 aromatic carbocycles. The minimum absolute atomic E-state index is 0.0193. The number of rotatable bonds is 1. The van der Waals surface area contributed by atoms with Crippen LogP contribution in [0.4, 0.5) is 5.69 Å². The van der Waals surface area contributed by atoms with Crippen molar-refractivity contribution < 1.29 is 4.79 Å². The summed E-state index contributed by atoms with van der Waals surface area (Å²) < 4.78 is 0. The van der Waals surface area contributed by atoms with Gasteiger partial charge in [0, 0.05) is 12.3 Å². The number of carbonyl (C=O) groups excluding carboxylic acids is 1. The Kier molecular flexibility index (Phi) is 2.57. The van der Waals surface area contributed by atoms with Crippen LogP contribution < -0.4 is 4.90 Å². The largest absolute Gasteiger partial charge is 0.274 e. The van der Waals surface area contributed by atoms with Crippen molar-refractivity contribution in [2.75, 3.05) is 4.90 Å². The molecule has 78 valence electrons.